The molecule has 1 heterocycles. The molecule has 0 radical (unpaired) electrons. The highest BCUT2D eigenvalue weighted by Crippen LogP contribution is 2.29. The molecule has 0 spiro atoms. The fourth-order valence-electron chi connectivity index (χ4n) is 2.10. The SMILES string of the molecule is COC(C(=O)NC(C)c1ccc(F)cc1)=C1OC(C)(C)OC1=O. The smallest absolute Gasteiger partial charge is 0.381 e. The van der Waals surface area contributed by atoms with Gasteiger partial charge in [-0.3, -0.25) is 4.79 Å². The van der Waals surface area contributed by atoms with Crippen molar-refractivity contribution in [1.29, 1.82) is 0 Å². The highest BCUT2D eigenvalue weighted by atomic mass is 19.1. The summed E-state index contributed by atoms with van der Waals surface area (Å²) in [5.41, 5.74) is 0.704. The van der Waals surface area contributed by atoms with E-state index < -0.39 is 23.7 Å². The van der Waals surface area contributed by atoms with Crippen LogP contribution in [0.2, 0.25) is 0 Å². The topological polar surface area (TPSA) is 73.9 Å². The molecule has 1 atom stereocenters. The fraction of sp³-hybridized carbons (Fsp3) is 0.375. The number of cyclic esters (lactones) is 1. The predicted molar refractivity (Wildman–Crippen MR) is 78.2 cm³/mol. The molecule has 1 N–H and O–H groups in total. The van der Waals surface area contributed by atoms with Crippen LogP contribution in [0.4, 0.5) is 4.39 Å². The van der Waals surface area contributed by atoms with Gasteiger partial charge in [-0.2, -0.15) is 0 Å². The molecular formula is C16H18FNO5. The molecule has 1 amide bonds. The Labute approximate surface area is 133 Å². The van der Waals surface area contributed by atoms with Gasteiger partial charge < -0.3 is 19.5 Å². The zero-order chi connectivity index (χ0) is 17.2. The first-order valence-corrected chi connectivity index (χ1v) is 7.00. The van der Waals surface area contributed by atoms with Crippen LogP contribution in [0.25, 0.3) is 0 Å². The Morgan fingerprint density at radius 1 is 1.26 bits per heavy atom. The van der Waals surface area contributed by atoms with Crippen LogP contribution in [-0.4, -0.2) is 24.8 Å². The molecule has 1 fully saturated rings. The third-order valence-electron chi connectivity index (χ3n) is 3.21. The van der Waals surface area contributed by atoms with Crippen LogP contribution in [0.5, 0.6) is 0 Å². The van der Waals surface area contributed by atoms with Crippen molar-refractivity contribution in [3.8, 4) is 0 Å². The molecule has 23 heavy (non-hydrogen) atoms. The molecule has 1 saturated heterocycles. The van der Waals surface area contributed by atoms with E-state index in [9.17, 15) is 14.0 Å². The number of nitrogens with one attached hydrogen (secondary N) is 1. The van der Waals surface area contributed by atoms with Crippen molar-refractivity contribution in [2.75, 3.05) is 7.11 Å². The van der Waals surface area contributed by atoms with E-state index in [0.717, 1.165) is 0 Å². The third-order valence-corrected chi connectivity index (χ3v) is 3.21. The van der Waals surface area contributed by atoms with Crippen molar-refractivity contribution in [3.05, 3.63) is 47.2 Å². The third kappa shape index (κ3) is 3.80. The second-order valence-electron chi connectivity index (χ2n) is 5.50. The Bertz CT molecular complexity index is 651. The first-order chi connectivity index (χ1) is 10.7. The summed E-state index contributed by atoms with van der Waals surface area (Å²) in [6.07, 6.45) is 0. The highest BCUT2D eigenvalue weighted by molar-refractivity contribution is 6.01. The number of halogens is 1. The van der Waals surface area contributed by atoms with Gasteiger partial charge in [-0.1, -0.05) is 12.1 Å². The van der Waals surface area contributed by atoms with E-state index in [-0.39, 0.29) is 17.3 Å². The lowest BCUT2D eigenvalue weighted by Crippen LogP contribution is -2.30. The molecule has 2 rings (SSSR count). The second-order valence-corrected chi connectivity index (χ2v) is 5.50. The van der Waals surface area contributed by atoms with Gasteiger partial charge in [0.1, 0.15) is 5.82 Å². The molecule has 7 heteroatoms. The molecule has 1 unspecified atom stereocenters. The lowest BCUT2D eigenvalue weighted by atomic mass is 10.1. The van der Waals surface area contributed by atoms with Gasteiger partial charge in [-0.15, -0.1) is 0 Å². The monoisotopic (exact) mass is 323 g/mol. The summed E-state index contributed by atoms with van der Waals surface area (Å²) in [5, 5.41) is 2.66. The van der Waals surface area contributed by atoms with Crippen molar-refractivity contribution in [1.82, 2.24) is 5.32 Å². The Morgan fingerprint density at radius 2 is 1.87 bits per heavy atom. The predicted octanol–water partition coefficient (Wildman–Crippen LogP) is 2.17. The molecule has 0 aliphatic carbocycles. The lowest BCUT2D eigenvalue weighted by molar-refractivity contribution is -0.159. The summed E-state index contributed by atoms with van der Waals surface area (Å²) in [5.74, 6) is -3.46. The number of carbonyl (C=O) groups excluding carboxylic acids is 2. The fourth-order valence-corrected chi connectivity index (χ4v) is 2.10. The van der Waals surface area contributed by atoms with E-state index >= 15 is 0 Å². The maximum absolute atomic E-state index is 12.9. The second kappa shape index (κ2) is 6.28. The van der Waals surface area contributed by atoms with Crippen LogP contribution in [0.1, 0.15) is 32.4 Å². The largest absolute Gasteiger partial charge is 0.488 e. The number of methoxy groups -OCH3 is 1. The van der Waals surface area contributed by atoms with Crippen molar-refractivity contribution in [2.45, 2.75) is 32.6 Å². The maximum Gasteiger partial charge on any atom is 0.381 e. The van der Waals surface area contributed by atoms with Crippen LogP contribution in [0, 0.1) is 5.82 Å². The summed E-state index contributed by atoms with van der Waals surface area (Å²) < 4.78 is 28.2. The summed E-state index contributed by atoms with van der Waals surface area (Å²) in [4.78, 5) is 24.1. The molecule has 6 nitrogen and oxygen atoms in total. The molecule has 0 aromatic heterocycles. The van der Waals surface area contributed by atoms with Crippen molar-refractivity contribution < 1.29 is 28.2 Å². The normalized spacial score (nSPS) is 19.4. The van der Waals surface area contributed by atoms with E-state index in [1.165, 1.54) is 19.2 Å². The van der Waals surface area contributed by atoms with E-state index in [4.69, 9.17) is 14.2 Å². The number of hydrogen-bond donors (Lipinski definition) is 1. The number of benzene rings is 1. The van der Waals surface area contributed by atoms with Gasteiger partial charge in [0, 0.05) is 13.8 Å². The van der Waals surface area contributed by atoms with Crippen LogP contribution in [0.15, 0.2) is 35.8 Å². The first-order valence-electron chi connectivity index (χ1n) is 7.00. The lowest BCUT2D eigenvalue weighted by Gasteiger charge is -2.17. The number of carbonyl (C=O) groups is 2. The van der Waals surface area contributed by atoms with Crippen molar-refractivity contribution >= 4 is 11.9 Å². The summed E-state index contributed by atoms with van der Waals surface area (Å²) in [6.45, 7) is 4.81. The number of rotatable bonds is 4. The average molecular weight is 323 g/mol. The first kappa shape index (κ1) is 16.8. The van der Waals surface area contributed by atoms with E-state index in [1.54, 1.807) is 32.9 Å². The Morgan fingerprint density at radius 3 is 2.35 bits per heavy atom. The van der Waals surface area contributed by atoms with Crippen LogP contribution >= 0.6 is 0 Å². The van der Waals surface area contributed by atoms with E-state index in [1.807, 2.05) is 0 Å². The van der Waals surface area contributed by atoms with Crippen LogP contribution in [-0.2, 0) is 23.8 Å². The minimum Gasteiger partial charge on any atom is -0.488 e. The molecule has 0 saturated carbocycles. The molecule has 0 bridgehead atoms. The van der Waals surface area contributed by atoms with Gasteiger partial charge in [0.15, 0.2) is 0 Å². The number of amides is 1. The van der Waals surface area contributed by atoms with Crippen LogP contribution in [0.3, 0.4) is 0 Å². The van der Waals surface area contributed by atoms with Gasteiger partial charge in [0.05, 0.1) is 13.2 Å². The Hall–Kier alpha value is -2.57. The summed E-state index contributed by atoms with van der Waals surface area (Å²) in [6, 6.07) is 5.30. The van der Waals surface area contributed by atoms with Gasteiger partial charge in [-0.05, 0) is 24.6 Å². The minimum absolute atomic E-state index is 0.269. The van der Waals surface area contributed by atoms with E-state index in [2.05, 4.69) is 5.32 Å². The van der Waals surface area contributed by atoms with Gasteiger partial charge in [0.2, 0.25) is 11.5 Å². The van der Waals surface area contributed by atoms with Gasteiger partial charge >= 0.3 is 5.97 Å². The summed E-state index contributed by atoms with van der Waals surface area (Å²) >= 11 is 0. The average Bonchev–Trinajstić information content (AvgIpc) is 2.73. The number of ether oxygens (including phenoxy) is 3. The molecule has 1 aliphatic rings. The van der Waals surface area contributed by atoms with Gasteiger partial charge in [-0.25, -0.2) is 9.18 Å². The zero-order valence-electron chi connectivity index (χ0n) is 13.3. The Balaban J connectivity index is 2.18. The maximum atomic E-state index is 12.9. The molecule has 124 valence electrons. The minimum atomic E-state index is -1.15. The molecule has 1 aromatic rings. The number of esters is 1. The van der Waals surface area contributed by atoms with Crippen molar-refractivity contribution in [2.24, 2.45) is 0 Å². The zero-order valence-corrected chi connectivity index (χ0v) is 13.3. The van der Waals surface area contributed by atoms with Gasteiger partial charge in [0.25, 0.3) is 11.7 Å². The Kier molecular flexibility index (Phi) is 4.58. The molecular weight excluding hydrogens is 305 g/mol. The summed E-state index contributed by atoms with van der Waals surface area (Å²) in [7, 11) is 1.26. The molecule has 1 aromatic carbocycles. The number of hydrogen-bond acceptors (Lipinski definition) is 5. The van der Waals surface area contributed by atoms with Crippen LogP contribution < -0.4 is 5.32 Å². The highest BCUT2D eigenvalue weighted by Gasteiger charge is 2.41. The van der Waals surface area contributed by atoms with Crippen molar-refractivity contribution in [3.63, 3.8) is 0 Å². The quantitative estimate of drug-likeness (QED) is 0.522. The standard InChI is InChI=1S/C16H18FNO5/c1-9(10-5-7-11(17)8-6-10)18-14(19)12(21-4)13-15(20)23-16(2,3)22-13/h5-9H,1-4H3,(H,18,19). The van der Waals surface area contributed by atoms with E-state index in [0.29, 0.717) is 5.56 Å². The molecule has 1 aliphatic heterocycles.